The van der Waals surface area contributed by atoms with E-state index in [2.05, 4.69) is 5.32 Å². The van der Waals surface area contributed by atoms with E-state index < -0.39 is 0 Å². The number of hydrogen-bond acceptors (Lipinski definition) is 4. The Labute approximate surface area is 153 Å². The fourth-order valence-electron chi connectivity index (χ4n) is 2.45. The van der Waals surface area contributed by atoms with Crippen LogP contribution in [0.4, 0.5) is 0 Å². The Hall–Kier alpha value is -2.24. The maximum absolute atomic E-state index is 12.1. The lowest BCUT2D eigenvalue weighted by Crippen LogP contribution is -2.37. The van der Waals surface area contributed by atoms with Crippen molar-refractivity contribution >= 4 is 17.5 Å². The van der Waals surface area contributed by atoms with Crippen molar-refractivity contribution in [3.05, 3.63) is 59.1 Å². The number of amides is 1. The second-order valence-electron chi connectivity index (χ2n) is 5.77. The first-order valence-corrected chi connectivity index (χ1v) is 8.33. The zero-order valence-electron chi connectivity index (χ0n) is 14.7. The molecule has 0 bridgehead atoms. The summed E-state index contributed by atoms with van der Waals surface area (Å²) in [5, 5.41) is 3.54. The highest BCUT2D eigenvalue weighted by molar-refractivity contribution is 6.30. The van der Waals surface area contributed by atoms with Gasteiger partial charge in [-0.25, -0.2) is 0 Å². The van der Waals surface area contributed by atoms with E-state index >= 15 is 0 Å². The highest BCUT2D eigenvalue weighted by atomic mass is 35.5. The number of nitrogens with one attached hydrogen (secondary N) is 1. The van der Waals surface area contributed by atoms with Gasteiger partial charge in [-0.15, -0.1) is 0 Å². The Morgan fingerprint density at radius 2 is 1.84 bits per heavy atom. The molecule has 0 aliphatic heterocycles. The van der Waals surface area contributed by atoms with Crippen molar-refractivity contribution in [3.8, 4) is 11.5 Å². The number of rotatable bonds is 8. The first-order chi connectivity index (χ1) is 12.0. The molecular weight excluding hydrogens is 340 g/mol. The number of nitrogens with zero attached hydrogens (tertiary/aromatic N) is 1. The Bertz CT molecular complexity index is 689. The molecule has 0 aliphatic rings. The van der Waals surface area contributed by atoms with Crippen LogP contribution in [0.3, 0.4) is 0 Å². The molecule has 0 saturated carbocycles. The van der Waals surface area contributed by atoms with Crippen molar-refractivity contribution in [2.24, 2.45) is 0 Å². The monoisotopic (exact) mass is 362 g/mol. The van der Waals surface area contributed by atoms with E-state index in [-0.39, 0.29) is 18.6 Å². The number of para-hydroxylation sites is 1. The third kappa shape index (κ3) is 5.66. The van der Waals surface area contributed by atoms with Gasteiger partial charge in [0.15, 0.2) is 6.61 Å². The summed E-state index contributed by atoms with van der Waals surface area (Å²) >= 11 is 5.82. The van der Waals surface area contributed by atoms with Crippen molar-refractivity contribution < 1.29 is 14.3 Å². The highest BCUT2D eigenvalue weighted by Crippen LogP contribution is 2.27. The fraction of sp³-hybridized carbons (Fsp3) is 0.316. The predicted molar refractivity (Wildman–Crippen MR) is 99.4 cm³/mol. The van der Waals surface area contributed by atoms with Gasteiger partial charge in [0.2, 0.25) is 0 Å². The second kappa shape index (κ2) is 9.30. The van der Waals surface area contributed by atoms with Crippen molar-refractivity contribution in [2.45, 2.75) is 6.04 Å². The van der Waals surface area contributed by atoms with E-state index in [1.807, 2.05) is 43.3 Å². The first kappa shape index (κ1) is 19.1. The number of halogens is 1. The summed E-state index contributed by atoms with van der Waals surface area (Å²) in [6.07, 6.45) is 0. The lowest BCUT2D eigenvalue weighted by molar-refractivity contribution is -0.123. The zero-order valence-corrected chi connectivity index (χ0v) is 15.4. The molecular formula is C19H23ClN2O3. The van der Waals surface area contributed by atoms with Crippen molar-refractivity contribution in [1.82, 2.24) is 10.2 Å². The van der Waals surface area contributed by atoms with Crippen LogP contribution >= 0.6 is 11.6 Å². The van der Waals surface area contributed by atoms with E-state index in [4.69, 9.17) is 21.1 Å². The van der Waals surface area contributed by atoms with Crippen LogP contribution in [-0.4, -0.2) is 45.2 Å². The number of carbonyl (C=O) groups is 1. The molecule has 0 radical (unpaired) electrons. The summed E-state index contributed by atoms with van der Waals surface area (Å²) in [4.78, 5) is 14.1. The van der Waals surface area contributed by atoms with Gasteiger partial charge in [0.05, 0.1) is 13.2 Å². The molecule has 0 aliphatic carbocycles. The van der Waals surface area contributed by atoms with E-state index in [1.54, 1.807) is 31.4 Å². The quantitative estimate of drug-likeness (QED) is 0.783. The van der Waals surface area contributed by atoms with Gasteiger partial charge in [-0.1, -0.05) is 29.8 Å². The molecule has 5 nitrogen and oxygen atoms in total. The molecule has 0 unspecified atom stereocenters. The van der Waals surface area contributed by atoms with Gasteiger partial charge in [0.25, 0.3) is 5.91 Å². The molecule has 0 fully saturated rings. The normalized spacial score (nSPS) is 11.9. The summed E-state index contributed by atoms with van der Waals surface area (Å²) in [7, 11) is 5.57. The highest BCUT2D eigenvalue weighted by Gasteiger charge is 2.19. The van der Waals surface area contributed by atoms with Gasteiger partial charge in [0.1, 0.15) is 11.5 Å². The Morgan fingerprint density at radius 3 is 2.48 bits per heavy atom. The van der Waals surface area contributed by atoms with Crippen LogP contribution < -0.4 is 14.8 Å². The fourth-order valence-corrected chi connectivity index (χ4v) is 2.58. The second-order valence-corrected chi connectivity index (χ2v) is 6.20. The Kier molecular flexibility index (Phi) is 7.10. The minimum Gasteiger partial charge on any atom is -0.496 e. The maximum atomic E-state index is 12.1. The Morgan fingerprint density at radius 1 is 1.16 bits per heavy atom. The third-order valence-corrected chi connectivity index (χ3v) is 4.05. The van der Waals surface area contributed by atoms with Crippen LogP contribution in [0.15, 0.2) is 48.5 Å². The topological polar surface area (TPSA) is 50.8 Å². The van der Waals surface area contributed by atoms with Crippen LogP contribution in [0, 0.1) is 0 Å². The van der Waals surface area contributed by atoms with Crippen molar-refractivity contribution in [3.63, 3.8) is 0 Å². The number of carbonyl (C=O) groups excluding carboxylic acids is 1. The molecule has 0 aromatic heterocycles. The number of benzene rings is 2. The lowest BCUT2D eigenvalue weighted by atomic mass is 10.0. The molecule has 134 valence electrons. The Balaban J connectivity index is 1.92. The molecule has 2 rings (SSSR count). The van der Waals surface area contributed by atoms with Crippen LogP contribution in [0.1, 0.15) is 11.6 Å². The summed E-state index contributed by atoms with van der Waals surface area (Å²) < 4.78 is 10.9. The van der Waals surface area contributed by atoms with Crippen LogP contribution in [-0.2, 0) is 4.79 Å². The van der Waals surface area contributed by atoms with Crippen molar-refractivity contribution in [1.29, 1.82) is 0 Å². The average Bonchev–Trinajstić information content (AvgIpc) is 2.61. The predicted octanol–water partition coefficient (Wildman–Crippen LogP) is 3.15. The number of methoxy groups -OCH3 is 1. The van der Waals surface area contributed by atoms with Gasteiger partial charge >= 0.3 is 0 Å². The zero-order chi connectivity index (χ0) is 18.2. The van der Waals surface area contributed by atoms with Gasteiger partial charge in [-0.05, 0) is 44.4 Å². The molecule has 1 N–H and O–H groups in total. The number of hydrogen-bond donors (Lipinski definition) is 1. The molecule has 0 spiro atoms. The molecule has 1 amide bonds. The van der Waals surface area contributed by atoms with Gasteiger partial charge in [-0.2, -0.15) is 0 Å². The van der Waals surface area contributed by atoms with E-state index in [9.17, 15) is 4.79 Å². The van der Waals surface area contributed by atoms with Crippen molar-refractivity contribution in [2.75, 3.05) is 34.4 Å². The summed E-state index contributed by atoms with van der Waals surface area (Å²) in [6, 6.07) is 14.7. The minimum atomic E-state index is -0.184. The summed E-state index contributed by atoms with van der Waals surface area (Å²) in [6.45, 7) is 0.407. The number of likely N-dealkylation sites (N-methyl/N-ethyl adjacent to an activating group) is 1. The van der Waals surface area contributed by atoms with E-state index in [0.717, 1.165) is 11.3 Å². The maximum Gasteiger partial charge on any atom is 0.258 e. The van der Waals surface area contributed by atoms with Crippen LogP contribution in [0.2, 0.25) is 5.02 Å². The standard InChI is InChI=1S/C19H23ClN2O3/c1-22(2)17(16-6-4-5-7-18(16)24-3)12-21-19(23)13-25-15-10-8-14(20)9-11-15/h4-11,17H,12-13H2,1-3H3,(H,21,23)/t17-/m0/s1. The lowest BCUT2D eigenvalue weighted by Gasteiger charge is -2.26. The molecule has 0 saturated heterocycles. The molecule has 0 heterocycles. The van der Waals surface area contributed by atoms with E-state index in [1.165, 1.54) is 0 Å². The van der Waals surface area contributed by atoms with Gasteiger partial charge < -0.3 is 19.7 Å². The molecule has 25 heavy (non-hydrogen) atoms. The number of ether oxygens (including phenoxy) is 2. The molecule has 2 aromatic rings. The van der Waals surface area contributed by atoms with Crippen LogP contribution in [0.25, 0.3) is 0 Å². The molecule has 1 atom stereocenters. The smallest absolute Gasteiger partial charge is 0.258 e. The first-order valence-electron chi connectivity index (χ1n) is 7.95. The summed E-state index contributed by atoms with van der Waals surface area (Å²) in [5.74, 6) is 1.22. The SMILES string of the molecule is COc1ccccc1[C@H](CNC(=O)COc1ccc(Cl)cc1)N(C)C. The van der Waals surface area contributed by atoms with Gasteiger partial charge in [0, 0.05) is 17.1 Å². The third-order valence-electron chi connectivity index (χ3n) is 3.80. The van der Waals surface area contributed by atoms with Crippen LogP contribution in [0.5, 0.6) is 11.5 Å². The van der Waals surface area contributed by atoms with E-state index in [0.29, 0.717) is 17.3 Å². The van der Waals surface area contributed by atoms with Gasteiger partial charge in [-0.3, -0.25) is 4.79 Å². The minimum absolute atomic E-state index is 0.00404. The molecule has 2 aromatic carbocycles. The average molecular weight is 363 g/mol. The molecule has 6 heteroatoms. The largest absolute Gasteiger partial charge is 0.496 e. The summed E-state index contributed by atoms with van der Waals surface area (Å²) in [5.41, 5.74) is 1.02.